The number of nitrogens with one attached hydrogen (secondary N) is 1. The molecule has 2 bridgehead atoms. The van der Waals surface area contributed by atoms with Crippen LogP contribution in [0.1, 0.15) is 37.7 Å². The van der Waals surface area contributed by atoms with Gasteiger partial charge in [0.2, 0.25) is 5.91 Å². The number of carbonyl (C=O) groups excluding carboxylic acids is 1. The molecule has 1 aromatic carbocycles. The summed E-state index contributed by atoms with van der Waals surface area (Å²) < 4.78 is 0. The summed E-state index contributed by atoms with van der Waals surface area (Å²) in [5.41, 5.74) is 1.06. The summed E-state index contributed by atoms with van der Waals surface area (Å²) in [6.07, 6.45) is 6.47. The fraction of sp³-hybridized carbons (Fsp3) is 0.562. The van der Waals surface area contributed by atoms with Gasteiger partial charge in [0.15, 0.2) is 0 Å². The topological polar surface area (TPSA) is 29.1 Å². The molecule has 2 fully saturated rings. The Morgan fingerprint density at radius 2 is 2.11 bits per heavy atom. The van der Waals surface area contributed by atoms with Gasteiger partial charge in [-0.25, -0.2) is 0 Å². The van der Waals surface area contributed by atoms with Crippen molar-refractivity contribution in [2.45, 2.75) is 44.6 Å². The van der Waals surface area contributed by atoms with Gasteiger partial charge in [-0.15, -0.1) is 0 Å². The van der Waals surface area contributed by atoms with E-state index in [2.05, 4.69) is 5.32 Å². The number of hydrogen-bond donors (Lipinski definition) is 1. The Hall–Kier alpha value is -1.02. The standard InChI is InChI=1S/C16H20ClNO/c17-14-4-2-1-3-12(14)7-8-16(19)18-15-10-11-5-6-13(15)9-11/h1-4,11,13,15H,5-10H2,(H,18,19)/t11-,13-,15-/m0/s1. The third-order valence-corrected chi connectivity index (χ3v) is 5.03. The van der Waals surface area contributed by atoms with Crippen LogP contribution in [0.15, 0.2) is 24.3 Å². The van der Waals surface area contributed by atoms with E-state index in [0.717, 1.165) is 28.8 Å². The molecule has 3 heteroatoms. The summed E-state index contributed by atoms with van der Waals surface area (Å²) in [4.78, 5) is 12.0. The zero-order valence-corrected chi connectivity index (χ0v) is 11.8. The minimum absolute atomic E-state index is 0.178. The van der Waals surface area contributed by atoms with Crippen LogP contribution in [-0.2, 0) is 11.2 Å². The van der Waals surface area contributed by atoms with Gasteiger partial charge in [-0.1, -0.05) is 36.2 Å². The van der Waals surface area contributed by atoms with Crippen LogP contribution in [0.25, 0.3) is 0 Å². The van der Waals surface area contributed by atoms with Gasteiger partial charge in [0, 0.05) is 17.5 Å². The molecule has 2 nitrogen and oxygen atoms in total. The summed E-state index contributed by atoms with van der Waals surface area (Å²) in [6, 6.07) is 8.20. The number of benzene rings is 1. The quantitative estimate of drug-likeness (QED) is 0.895. The Morgan fingerprint density at radius 3 is 2.79 bits per heavy atom. The molecule has 0 heterocycles. The van der Waals surface area contributed by atoms with Crippen molar-refractivity contribution >= 4 is 17.5 Å². The van der Waals surface area contributed by atoms with Gasteiger partial charge in [-0.2, -0.15) is 0 Å². The van der Waals surface area contributed by atoms with E-state index >= 15 is 0 Å². The number of fused-ring (bicyclic) bond motifs is 2. The smallest absolute Gasteiger partial charge is 0.220 e. The summed E-state index contributed by atoms with van der Waals surface area (Å²) in [6.45, 7) is 0. The van der Waals surface area contributed by atoms with E-state index < -0.39 is 0 Å². The second kappa shape index (κ2) is 5.54. The molecule has 1 aromatic rings. The first-order valence-corrected chi connectivity index (χ1v) is 7.63. The van der Waals surface area contributed by atoms with Crippen molar-refractivity contribution in [2.24, 2.45) is 11.8 Å². The molecule has 0 unspecified atom stereocenters. The molecule has 1 N–H and O–H groups in total. The maximum absolute atomic E-state index is 12.0. The van der Waals surface area contributed by atoms with E-state index in [4.69, 9.17) is 11.6 Å². The average Bonchev–Trinajstić information content (AvgIpc) is 3.00. The van der Waals surface area contributed by atoms with E-state index in [1.165, 1.54) is 25.7 Å². The molecule has 19 heavy (non-hydrogen) atoms. The van der Waals surface area contributed by atoms with Crippen molar-refractivity contribution in [3.8, 4) is 0 Å². The normalized spacial score (nSPS) is 28.6. The number of aryl methyl sites for hydroxylation is 1. The van der Waals surface area contributed by atoms with E-state index in [1.54, 1.807) is 0 Å². The monoisotopic (exact) mass is 277 g/mol. The second-order valence-electron chi connectivity index (χ2n) is 5.94. The van der Waals surface area contributed by atoms with E-state index in [9.17, 15) is 4.79 Å². The number of amides is 1. The third-order valence-electron chi connectivity index (χ3n) is 4.66. The summed E-state index contributed by atoms with van der Waals surface area (Å²) in [5.74, 6) is 1.80. The summed E-state index contributed by atoms with van der Waals surface area (Å²) in [7, 11) is 0. The number of rotatable bonds is 4. The van der Waals surface area contributed by atoms with Crippen LogP contribution in [0.2, 0.25) is 5.02 Å². The van der Waals surface area contributed by atoms with Crippen molar-refractivity contribution in [1.82, 2.24) is 5.32 Å². The Balaban J connectivity index is 1.48. The molecule has 3 rings (SSSR count). The van der Waals surface area contributed by atoms with Crippen molar-refractivity contribution in [3.63, 3.8) is 0 Å². The lowest BCUT2D eigenvalue weighted by atomic mass is 9.95. The minimum Gasteiger partial charge on any atom is -0.353 e. The number of carbonyl (C=O) groups is 1. The third kappa shape index (κ3) is 2.94. The zero-order valence-electron chi connectivity index (χ0n) is 11.1. The maximum Gasteiger partial charge on any atom is 0.220 e. The van der Waals surface area contributed by atoms with Crippen LogP contribution >= 0.6 is 11.6 Å². The molecule has 2 aliphatic carbocycles. The fourth-order valence-electron chi connectivity index (χ4n) is 3.65. The highest BCUT2D eigenvalue weighted by Crippen LogP contribution is 2.44. The molecule has 0 aromatic heterocycles. The van der Waals surface area contributed by atoms with Gasteiger partial charge >= 0.3 is 0 Å². The first-order chi connectivity index (χ1) is 9.22. The summed E-state index contributed by atoms with van der Waals surface area (Å²) in [5, 5.41) is 3.98. The van der Waals surface area contributed by atoms with Gasteiger partial charge in [-0.3, -0.25) is 4.79 Å². The van der Waals surface area contributed by atoms with Crippen molar-refractivity contribution in [2.75, 3.05) is 0 Å². The molecule has 102 valence electrons. The molecule has 1 amide bonds. The highest BCUT2D eigenvalue weighted by Gasteiger charge is 2.39. The van der Waals surface area contributed by atoms with E-state index in [-0.39, 0.29) is 5.91 Å². The Kier molecular flexibility index (Phi) is 3.79. The maximum atomic E-state index is 12.0. The highest BCUT2D eigenvalue weighted by molar-refractivity contribution is 6.31. The van der Waals surface area contributed by atoms with Gasteiger partial charge in [0.25, 0.3) is 0 Å². The van der Waals surface area contributed by atoms with E-state index in [1.807, 2.05) is 24.3 Å². The highest BCUT2D eigenvalue weighted by atomic mass is 35.5. The van der Waals surface area contributed by atoms with Gasteiger partial charge < -0.3 is 5.32 Å². The van der Waals surface area contributed by atoms with Crippen molar-refractivity contribution < 1.29 is 4.79 Å². The molecular formula is C16H20ClNO. The predicted molar refractivity (Wildman–Crippen MR) is 77.2 cm³/mol. The minimum atomic E-state index is 0.178. The van der Waals surface area contributed by atoms with Gasteiger partial charge in [0.1, 0.15) is 0 Å². The number of hydrogen-bond acceptors (Lipinski definition) is 1. The van der Waals surface area contributed by atoms with Crippen LogP contribution < -0.4 is 5.32 Å². The largest absolute Gasteiger partial charge is 0.353 e. The molecular weight excluding hydrogens is 258 g/mol. The Morgan fingerprint density at radius 1 is 1.26 bits per heavy atom. The van der Waals surface area contributed by atoms with Crippen molar-refractivity contribution in [1.29, 1.82) is 0 Å². The molecule has 0 radical (unpaired) electrons. The first kappa shape index (κ1) is 13.0. The Bertz CT molecular complexity index is 474. The molecule has 2 saturated carbocycles. The van der Waals surface area contributed by atoms with Crippen LogP contribution in [0, 0.1) is 11.8 Å². The fourth-order valence-corrected chi connectivity index (χ4v) is 3.88. The van der Waals surface area contributed by atoms with Crippen LogP contribution in [0.3, 0.4) is 0 Å². The second-order valence-corrected chi connectivity index (χ2v) is 6.35. The molecule has 0 spiro atoms. The lowest BCUT2D eigenvalue weighted by molar-refractivity contribution is -0.122. The van der Waals surface area contributed by atoms with Crippen LogP contribution in [0.4, 0.5) is 0 Å². The SMILES string of the molecule is O=C(CCc1ccccc1Cl)N[C@H]1C[C@H]2CC[C@H]1C2. The summed E-state index contributed by atoms with van der Waals surface area (Å²) >= 11 is 6.10. The zero-order chi connectivity index (χ0) is 13.2. The van der Waals surface area contributed by atoms with Gasteiger partial charge in [0.05, 0.1) is 0 Å². The van der Waals surface area contributed by atoms with Crippen LogP contribution in [-0.4, -0.2) is 11.9 Å². The van der Waals surface area contributed by atoms with E-state index in [0.29, 0.717) is 12.5 Å². The molecule has 3 atom stereocenters. The van der Waals surface area contributed by atoms with Crippen LogP contribution in [0.5, 0.6) is 0 Å². The predicted octanol–water partition coefficient (Wildman–Crippen LogP) is 3.58. The number of halogens is 1. The Labute approximate surface area is 119 Å². The molecule has 2 aliphatic rings. The molecule has 0 aliphatic heterocycles. The van der Waals surface area contributed by atoms with Gasteiger partial charge in [-0.05, 0) is 49.1 Å². The first-order valence-electron chi connectivity index (χ1n) is 7.25. The lowest BCUT2D eigenvalue weighted by Gasteiger charge is -2.22. The molecule has 0 saturated heterocycles. The lowest BCUT2D eigenvalue weighted by Crippen LogP contribution is -2.38. The van der Waals surface area contributed by atoms with Crippen molar-refractivity contribution in [3.05, 3.63) is 34.9 Å². The average molecular weight is 278 g/mol.